The third-order valence-corrected chi connectivity index (χ3v) is 3.73. The summed E-state index contributed by atoms with van der Waals surface area (Å²) in [5.41, 5.74) is 1.41. The first-order valence-electron chi connectivity index (χ1n) is 6.40. The number of hydrogen-bond donors (Lipinski definition) is 1. The Kier molecular flexibility index (Phi) is 2.81. The van der Waals surface area contributed by atoms with Gasteiger partial charge < -0.3 is 5.32 Å². The second-order valence-corrected chi connectivity index (χ2v) is 5.13. The Balaban J connectivity index is 1.90. The summed E-state index contributed by atoms with van der Waals surface area (Å²) in [4.78, 5) is 4.15. The SMILES string of the molecule is C[C@H]1CC[C@H](c2ccc3cnccc3c2)NC1. The molecule has 1 aliphatic heterocycles. The van der Waals surface area contributed by atoms with E-state index in [2.05, 4.69) is 41.5 Å². The number of piperidine rings is 1. The summed E-state index contributed by atoms with van der Waals surface area (Å²) in [7, 11) is 0. The maximum absolute atomic E-state index is 4.15. The van der Waals surface area contributed by atoms with Crippen LogP contribution in [0.25, 0.3) is 10.8 Å². The fourth-order valence-corrected chi connectivity index (χ4v) is 2.60. The summed E-state index contributed by atoms with van der Waals surface area (Å²) < 4.78 is 0. The van der Waals surface area contributed by atoms with Crippen LogP contribution in [0.2, 0.25) is 0 Å². The number of fused-ring (bicyclic) bond motifs is 1. The van der Waals surface area contributed by atoms with Crippen LogP contribution in [0, 0.1) is 5.92 Å². The molecule has 1 fully saturated rings. The molecule has 0 unspecified atom stereocenters. The van der Waals surface area contributed by atoms with Gasteiger partial charge in [0.2, 0.25) is 0 Å². The molecule has 0 aliphatic carbocycles. The van der Waals surface area contributed by atoms with Gasteiger partial charge in [0.25, 0.3) is 0 Å². The molecule has 0 saturated carbocycles. The minimum atomic E-state index is 0.531. The highest BCUT2D eigenvalue weighted by Crippen LogP contribution is 2.27. The number of pyridine rings is 1. The summed E-state index contributed by atoms with van der Waals surface area (Å²) in [5, 5.41) is 6.15. The minimum Gasteiger partial charge on any atom is -0.310 e. The van der Waals surface area contributed by atoms with Crippen LogP contribution in [-0.2, 0) is 0 Å². The lowest BCUT2D eigenvalue weighted by Gasteiger charge is -2.28. The Morgan fingerprint density at radius 1 is 1.18 bits per heavy atom. The van der Waals surface area contributed by atoms with Gasteiger partial charge in [-0.15, -0.1) is 0 Å². The summed E-state index contributed by atoms with van der Waals surface area (Å²) in [6, 6.07) is 9.33. The molecular formula is C15H18N2. The van der Waals surface area contributed by atoms with Crippen molar-refractivity contribution in [3.05, 3.63) is 42.2 Å². The molecule has 2 atom stereocenters. The van der Waals surface area contributed by atoms with Crippen LogP contribution in [0.4, 0.5) is 0 Å². The van der Waals surface area contributed by atoms with Crippen molar-refractivity contribution in [2.45, 2.75) is 25.8 Å². The fourth-order valence-electron chi connectivity index (χ4n) is 2.60. The van der Waals surface area contributed by atoms with Gasteiger partial charge in [0.05, 0.1) is 0 Å². The number of nitrogens with one attached hydrogen (secondary N) is 1. The normalized spacial score (nSPS) is 25.0. The van der Waals surface area contributed by atoms with Crippen molar-refractivity contribution < 1.29 is 0 Å². The Morgan fingerprint density at radius 2 is 2.12 bits per heavy atom. The zero-order chi connectivity index (χ0) is 11.7. The smallest absolute Gasteiger partial charge is 0.0346 e. The third kappa shape index (κ3) is 2.18. The first-order valence-corrected chi connectivity index (χ1v) is 6.40. The van der Waals surface area contributed by atoms with E-state index in [1.807, 2.05) is 12.4 Å². The first-order chi connectivity index (χ1) is 8.33. The molecule has 1 aromatic heterocycles. The Hall–Kier alpha value is -1.41. The van der Waals surface area contributed by atoms with E-state index in [1.54, 1.807) is 0 Å². The van der Waals surface area contributed by atoms with Crippen molar-refractivity contribution in [2.24, 2.45) is 5.92 Å². The van der Waals surface area contributed by atoms with Crippen molar-refractivity contribution in [1.82, 2.24) is 10.3 Å². The first kappa shape index (κ1) is 10.7. The van der Waals surface area contributed by atoms with Gasteiger partial charge >= 0.3 is 0 Å². The molecule has 0 spiro atoms. The Morgan fingerprint density at radius 3 is 2.94 bits per heavy atom. The van der Waals surface area contributed by atoms with E-state index in [0.717, 1.165) is 12.5 Å². The molecule has 88 valence electrons. The highest BCUT2D eigenvalue weighted by atomic mass is 14.9. The molecule has 3 rings (SSSR count). The van der Waals surface area contributed by atoms with E-state index in [9.17, 15) is 0 Å². The largest absolute Gasteiger partial charge is 0.310 e. The number of aromatic nitrogens is 1. The van der Waals surface area contributed by atoms with E-state index in [1.165, 1.54) is 29.2 Å². The second kappa shape index (κ2) is 4.46. The molecule has 2 nitrogen and oxygen atoms in total. The Bertz CT molecular complexity index is 513. The zero-order valence-corrected chi connectivity index (χ0v) is 10.2. The summed E-state index contributed by atoms with van der Waals surface area (Å²) >= 11 is 0. The number of nitrogens with zero attached hydrogens (tertiary/aromatic N) is 1. The van der Waals surface area contributed by atoms with Crippen LogP contribution in [0.1, 0.15) is 31.4 Å². The van der Waals surface area contributed by atoms with Gasteiger partial charge in [-0.25, -0.2) is 0 Å². The van der Waals surface area contributed by atoms with E-state index in [4.69, 9.17) is 0 Å². The maximum atomic E-state index is 4.15. The van der Waals surface area contributed by atoms with Crippen LogP contribution < -0.4 is 5.32 Å². The number of benzene rings is 1. The van der Waals surface area contributed by atoms with Gasteiger partial charge in [-0.2, -0.15) is 0 Å². The zero-order valence-electron chi connectivity index (χ0n) is 10.2. The third-order valence-electron chi connectivity index (χ3n) is 3.73. The van der Waals surface area contributed by atoms with E-state index in [-0.39, 0.29) is 0 Å². The molecule has 1 saturated heterocycles. The molecule has 17 heavy (non-hydrogen) atoms. The van der Waals surface area contributed by atoms with Crippen molar-refractivity contribution in [3.8, 4) is 0 Å². The van der Waals surface area contributed by atoms with Gasteiger partial charge in [0.15, 0.2) is 0 Å². The van der Waals surface area contributed by atoms with E-state index in [0.29, 0.717) is 6.04 Å². The molecular weight excluding hydrogens is 208 g/mol. The average molecular weight is 226 g/mol. The van der Waals surface area contributed by atoms with Gasteiger partial charge in [-0.1, -0.05) is 19.1 Å². The maximum Gasteiger partial charge on any atom is 0.0346 e. The fraction of sp³-hybridized carbons (Fsp3) is 0.400. The predicted octanol–water partition coefficient (Wildman–Crippen LogP) is 3.30. The second-order valence-electron chi connectivity index (χ2n) is 5.13. The van der Waals surface area contributed by atoms with Crippen LogP contribution >= 0.6 is 0 Å². The molecule has 1 aromatic carbocycles. The Labute approximate surface area is 102 Å². The van der Waals surface area contributed by atoms with Gasteiger partial charge in [-0.3, -0.25) is 4.98 Å². The van der Waals surface area contributed by atoms with Crippen LogP contribution in [0.5, 0.6) is 0 Å². The number of rotatable bonds is 1. The quantitative estimate of drug-likeness (QED) is 0.807. The standard InChI is InChI=1S/C15H18N2/c1-11-2-5-15(17-9-11)13-3-4-14-10-16-7-6-12(14)8-13/h3-4,6-8,10-11,15,17H,2,5,9H2,1H3/t11-,15+/m0/s1. The average Bonchev–Trinajstić information content (AvgIpc) is 2.39. The van der Waals surface area contributed by atoms with Crippen molar-refractivity contribution in [1.29, 1.82) is 0 Å². The summed E-state index contributed by atoms with van der Waals surface area (Å²) in [6.07, 6.45) is 6.36. The van der Waals surface area contributed by atoms with E-state index >= 15 is 0 Å². The summed E-state index contributed by atoms with van der Waals surface area (Å²) in [5.74, 6) is 0.816. The topological polar surface area (TPSA) is 24.9 Å². The molecule has 2 heterocycles. The van der Waals surface area contributed by atoms with E-state index < -0.39 is 0 Å². The molecule has 1 N–H and O–H groups in total. The van der Waals surface area contributed by atoms with Crippen LogP contribution in [0.3, 0.4) is 0 Å². The molecule has 0 amide bonds. The van der Waals surface area contributed by atoms with Crippen molar-refractivity contribution >= 4 is 10.8 Å². The predicted molar refractivity (Wildman–Crippen MR) is 70.9 cm³/mol. The van der Waals surface area contributed by atoms with Crippen LogP contribution in [0.15, 0.2) is 36.7 Å². The molecule has 0 bridgehead atoms. The lowest BCUT2D eigenvalue weighted by Crippen LogP contribution is -2.31. The number of hydrogen-bond acceptors (Lipinski definition) is 2. The molecule has 2 aromatic rings. The lowest BCUT2D eigenvalue weighted by atomic mass is 9.91. The monoisotopic (exact) mass is 226 g/mol. The van der Waals surface area contributed by atoms with Crippen LogP contribution in [-0.4, -0.2) is 11.5 Å². The molecule has 0 radical (unpaired) electrons. The van der Waals surface area contributed by atoms with Crippen molar-refractivity contribution in [2.75, 3.05) is 6.54 Å². The molecule has 2 heteroatoms. The van der Waals surface area contributed by atoms with Crippen molar-refractivity contribution in [3.63, 3.8) is 0 Å². The highest BCUT2D eigenvalue weighted by molar-refractivity contribution is 5.82. The minimum absolute atomic E-state index is 0.531. The van der Waals surface area contributed by atoms with Gasteiger partial charge in [-0.05, 0) is 48.4 Å². The highest BCUT2D eigenvalue weighted by Gasteiger charge is 2.18. The molecule has 1 aliphatic rings. The van der Waals surface area contributed by atoms with Gasteiger partial charge in [0, 0.05) is 23.8 Å². The van der Waals surface area contributed by atoms with Gasteiger partial charge in [0.1, 0.15) is 0 Å². The summed E-state index contributed by atoms with van der Waals surface area (Å²) in [6.45, 7) is 3.45. The lowest BCUT2D eigenvalue weighted by molar-refractivity contribution is 0.333.